The lowest BCUT2D eigenvalue weighted by Crippen LogP contribution is -2.66. The van der Waals surface area contributed by atoms with Crippen LogP contribution in [0.5, 0.6) is 0 Å². The van der Waals surface area contributed by atoms with Crippen molar-refractivity contribution in [3.05, 3.63) is 0 Å². The highest BCUT2D eigenvalue weighted by atomic mass is 16.8. The van der Waals surface area contributed by atoms with E-state index in [9.17, 15) is 20.4 Å². The van der Waals surface area contributed by atoms with Gasteiger partial charge in [0.05, 0.1) is 18.8 Å². The van der Waals surface area contributed by atoms with Crippen LogP contribution >= 0.6 is 0 Å². The first kappa shape index (κ1) is 31.0. The molecule has 3 fully saturated rings. The van der Waals surface area contributed by atoms with Crippen LogP contribution in [-0.2, 0) is 47.4 Å². The highest BCUT2D eigenvalue weighted by molar-refractivity contribution is 4.96. The van der Waals surface area contributed by atoms with Gasteiger partial charge in [0.2, 0.25) is 0 Å². The first-order chi connectivity index (χ1) is 17.6. The maximum absolute atomic E-state index is 10.8. The molecule has 218 valence electrons. The zero-order valence-electron chi connectivity index (χ0n) is 22.2. The van der Waals surface area contributed by atoms with E-state index in [0.29, 0.717) is 0 Å². The third-order valence-electron chi connectivity index (χ3n) is 7.15. The maximum Gasteiger partial charge on any atom is 0.187 e. The van der Waals surface area contributed by atoms with E-state index < -0.39 is 92.1 Å². The fraction of sp³-hybridized carbons (Fsp3) is 1.00. The molecule has 0 saturated carbocycles. The molecule has 14 nitrogen and oxygen atoms in total. The van der Waals surface area contributed by atoms with Crippen LogP contribution < -0.4 is 0 Å². The number of hydrogen-bond acceptors (Lipinski definition) is 14. The molecule has 0 aromatic rings. The van der Waals surface area contributed by atoms with Crippen molar-refractivity contribution < 1.29 is 67.8 Å². The molecule has 3 saturated heterocycles. The van der Waals surface area contributed by atoms with Crippen LogP contribution in [0.4, 0.5) is 0 Å². The molecule has 4 N–H and O–H groups in total. The van der Waals surface area contributed by atoms with Gasteiger partial charge >= 0.3 is 0 Å². The van der Waals surface area contributed by atoms with Crippen molar-refractivity contribution in [2.24, 2.45) is 0 Å². The molecule has 3 rings (SSSR count). The van der Waals surface area contributed by atoms with Crippen LogP contribution in [0.3, 0.4) is 0 Å². The topological polar surface area (TPSA) is 173 Å². The quantitative estimate of drug-likeness (QED) is 0.233. The summed E-state index contributed by atoms with van der Waals surface area (Å²) in [7, 11) is 7.11. The Morgan fingerprint density at radius 3 is 1.70 bits per heavy atom. The molecule has 15 atom stereocenters. The van der Waals surface area contributed by atoms with Crippen molar-refractivity contribution in [1.82, 2.24) is 0 Å². The number of aliphatic hydroxyl groups excluding tert-OH is 4. The van der Waals surface area contributed by atoms with Crippen LogP contribution in [0, 0.1) is 0 Å². The second-order valence-electron chi connectivity index (χ2n) is 9.41. The summed E-state index contributed by atoms with van der Waals surface area (Å²) in [6, 6.07) is 0. The van der Waals surface area contributed by atoms with Crippen LogP contribution in [-0.4, -0.2) is 155 Å². The van der Waals surface area contributed by atoms with Crippen molar-refractivity contribution in [3.8, 4) is 0 Å². The number of hydrogen-bond donors (Lipinski definition) is 4. The van der Waals surface area contributed by atoms with E-state index in [4.69, 9.17) is 47.4 Å². The van der Waals surface area contributed by atoms with Gasteiger partial charge in [-0.25, -0.2) is 0 Å². The van der Waals surface area contributed by atoms with E-state index in [1.165, 1.54) is 35.5 Å². The lowest BCUT2D eigenvalue weighted by Gasteiger charge is -2.49. The lowest BCUT2D eigenvalue weighted by molar-refractivity contribution is -0.381. The second-order valence-corrected chi connectivity index (χ2v) is 9.41. The van der Waals surface area contributed by atoms with E-state index in [1.807, 2.05) is 0 Å². The average molecular weight is 543 g/mol. The average Bonchev–Trinajstić information content (AvgIpc) is 2.87. The van der Waals surface area contributed by atoms with E-state index >= 15 is 0 Å². The summed E-state index contributed by atoms with van der Waals surface area (Å²) in [5, 5.41) is 42.2. The van der Waals surface area contributed by atoms with Crippen molar-refractivity contribution in [2.45, 2.75) is 106 Å². The highest BCUT2D eigenvalue weighted by Gasteiger charge is 2.53. The Kier molecular flexibility index (Phi) is 11.4. The fourth-order valence-corrected chi connectivity index (χ4v) is 5.11. The fourth-order valence-electron chi connectivity index (χ4n) is 5.11. The third kappa shape index (κ3) is 6.44. The molecule has 37 heavy (non-hydrogen) atoms. The SMILES string of the molecule is COC[C@@H]1O[C@H](O[C@@H]2[C@@H](OC)[C@@H](OC)[C@H](O[C@H]3C(O)O[C@@H](C)[C@H](O)[C@H]3OC)O[C@H]2C)[C@@H](O)[C@H](OC)[C@H]1O. The molecule has 14 heteroatoms. The van der Waals surface area contributed by atoms with Gasteiger partial charge in [0.1, 0.15) is 61.0 Å². The van der Waals surface area contributed by atoms with Gasteiger partial charge in [-0.1, -0.05) is 0 Å². The van der Waals surface area contributed by atoms with Gasteiger partial charge in [0.15, 0.2) is 18.9 Å². The molecule has 0 aliphatic carbocycles. The highest BCUT2D eigenvalue weighted by Crippen LogP contribution is 2.34. The summed E-state index contributed by atoms with van der Waals surface area (Å²) in [5.41, 5.74) is 0. The Balaban J connectivity index is 1.77. The first-order valence-corrected chi connectivity index (χ1v) is 12.2. The molecular weight excluding hydrogens is 500 g/mol. The molecule has 0 spiro atoms. The zero-order chi connectivity index (χ0) is 27.4. The van der Waals surface area contributed by atoms with Crippen molar-refractivity contribution in [2.75, 3.05) is 42.2 Å². The molecule has 3 aliphatic heterocycles. The third-order valence-corrected chi connectivity index (χ3v) is 7.15. The Hall–Kier alpha value is -0.560. The molecule has 0 aromatic heterocycles. The minimum atomic E-state index is -1.39. The lowest BCUT2D eigenvalue weighted by atomic mass is 9.96. The summed E-state index contributed by atoms with van der Waals surface area (Å²) >= 11 is 0. The van der Waals surface area contributed by atoms with Crippen molar-refractivity contribution in [3.63, 3.8) is 0 Å². The number of rotatable bonds is 10. The molecule has 0 aromatic carbocycles. The van der Waals surface area contributed by atoms with E-state index in [-0.39, 0.29) is 6.61 Å². The van der Waals surface area contributed by atoms with E-state index in [0.717, 1.165) is 0 Å². The summed E-state index contributed by atoms with van der Waals surface area (Å²) < 4.78 is 56.6. The monoisotopic (exact) mass is 542 g/mol. The molecule has 0 radical (unpaired) electrons. The molecule has 3 aliphatic rings. The minimum absolute atomic E-state index is 0.0472. The van der Waals surface area contributed by atoms with E-state index in [2.05, 4.69) is 0 Å². The molecule has 3 heterocycles. The van der Waals surface area contributed by atoms with Crippen LogP contribution in [0.25, 0.3) is 0 Å². The van der Waals surface area contributed by atoms with Gasteiger partial charge in [-0.05, 0) is 13.8 Å². The minimum Gasteiger partial charge on any atom is -0.388 e. The van der Waals surface area contributed by atoms with Gasteiger partial charge < -0.3 is 67.8 Å². The predicted octanol–water partition coefficient (Wildman–Crippen LogP) is -2.25. The summed E-state index contributed by atoms with van der Waals surface area (Å²) in [6.07, 6.45) is -14.8. The van der Waals surface area contributed by atoms with E-state index in [1.54, 1.807) is 13.8 Å². The van der Waals surface area contributed by atoms with Crippen molar-refractivity contribution in [1.29, 1.82) is 0 Å². The summed E-state index contributed by atoms with van der Waals surface area (Å²) in [6.45, 7) is 3.37. The van der Waals surface area contributed by atoms with Gasteiger partial charge in [-0.2, -0.15) is 0 Å². The van der Waals surface area contributed by atoms with Crippen molar-refractivity contribution >= 4 is 0 Å². The summed E-state index contributed by atoms with van der Waals surface area (Å²) in [5.74, 6) is 0. The predicted molar refractivity (Wildman–Crippen MR) is 122 cm³/mol. The van der Waals surface area contributed by atoms with Gasteiger partial charge in [-0.15, -0.1) is 0 Å². The Morgan fingerprint density at radius 1 is 0.541 bits per heavy atom. The molecule has 0 bridgehead atoms. The Morgan fingerprint density at radius 2 is 1.14 bits per heavy atom. The molecular formula is C23H42O14. The normalized spacial score (nSPS) is 49.2. The first-order valence-electron chi connectivity index (χ1n) is 12.2. The number of methoxy groups -OCH3 is 5. The van der Waals surface area contributed by atoms with Gasteiger partial charge in [0, 0.05) is 35.5 Å². The van der Waals surface area contributed by atoms with Crippen LogP contribution in [0.15, 0.2) is 0 Å². The molecule has 0 amide bonds. The summed E-state index contributed by atoms with van der Waals surface area (Å²) in [4.78, 5) is 0. The number of aliphatic hydroxyl groups is 4. The second kappa shape index (κ2) is 13.7. The largest absolute Gasteiger partial charge is 0.388 e. The van der Waals surface area contributed by atoms with Crippen LogP contribution in [0.1, 0.15) is 13.8 Å². The smallest absolute Gasteiger partial charge is 0.187 e. The van der Waals surface area contributed by atoms with Gasteiger partial charge in [0.25, 0.3) is 0 Å². The van der Waals surface area contributed by atoms with Gasteiger partial charge in [-0.3, -0.25) is 0 Å². The Bertz CT molecular complexity index is 686. The Labute approximate surface area is 216 Å². The van der Waals surface area contributed by atoms with Crippen LogP contribution in [0.2, 0.25) is 0 Å². The maximum atomic E-state index is 10.8. The number of ether oxygens (including phenoxy) is 10. The standard InChI is InChI=1S/C23H42O14/c1-9-12(24)17(30-5)19(21(27)33-9)37-23-20(32-7)18(31-6)15(10(2)34-23)36-22-14(26)16(29-4)13(25)11(35-22)8-28-3/h9-27H,8H2,1-7H3/t9-,10-,11-,12-,13-,14-,15-,16+,17+,18+,19+,20+,21?,22+,23-/m0/s1. The zero-order valence-corrected chi connectivity index (χ0v) is 22.2. The molecule has 1 unspecified atom stereocenters.